The van der Waals surface area contributed by atoms with Crippen LogP contribution in [0.1, 0.15) is 17.4 Å². The SMILES string of the molecule is COc1ccsc1C(O)CCN. The highest BCUT2D eigenvalue weighted by Gasteiger charge is 2.13. The lowest BCUT2D eigenvalue weighted by molar-refractivity contribution is 0.170. The molecule has 1 aromatic heterocycles. The summed E-state index contributed by atoms with van der Waals surface area (Å²) in [6, 6.07) is 1.85. The Morgan fingerprint density at radius 2 is 2.50 bits per heavy atom. The van der Waals surface area contributed by atoms with E-state index in [9.17, 15) is 5.11 Å². The number of thiophene rings is 1. The summed E-state index contributed by atoms with van der Waals surface area (Å²) in [4.78, 5) is 0.864. The molecule has 1 rings (SSSR count). The maximum absolute atomic E-state index is 9.57. The predicted octanol–water partition coefficient (Wildman–Crippen LogP) is 1.14. The molecule has 0 radical (unpaired) electrons. The largest absolute Gasteiger partial charge is 0.495 e. The molecular weight excluding hydrogens is 174 g/mol. The fourth-order valence-corrected chi connectivity index (χ4v) is 1.89. The summed E-state index contributed by atoms with van der Waals surface area (Å²) in [5, 5.41) is 11.5. The van der Waals surface area contributed by atoms with Crippen molar-refractivity contribution in [2.75, 3.05) is 13.7 Å². The second kappa shape index (κ2) is 4.45. The average molecular weight is 187 g/mol. The number of aliphatic hydroxyl groups is 1. The maximum atomic E-state index is 9.57. The van der Waals surface area contributed by atoms with Crippen LogP contribution in [-0.2, 0) is 0 Å². The van der Waals surface area contributed by atoms with Crippen molar-refractivity contribution in [3.8, 4) is 5.75 Å². The third-order valence-electron chi connectivity index (χ3n) is 1.62. The normalized spacial score (nSPS) is 12.9. The number of methoxy groups -OCH3 is 1. The Hall–Kier alpha value is -0.580. The van der Waals surface area contributed by atoms with E-state index in [4.69, 9.17) is 10.5 Å². The predicted molar refractivity (Wildman–Crippen MR) is 49.5 cm³/mol. The number of aliphatic hydroxyl groups excluding tert-OH is 1. The number of hydrogen-bond acceptors (Lipinski definition) is 4. The first kappa shape index (κ1) is 9.51. The van der Waals surface area contributed by atoms with Gasteiger partial charge in [-0.3, -0.25) is 0 Å². The Balaban J connectivity index is 2.71. The van der Waals surface area contributed by atoms with Gasteiger partial charge in [-0.2, -0.15) is 0 Å². The highest BCUT2D eigenvalue weighted by atomic mass is 32.1. The van der Waals surface area contributed by atoms with E-state index in [1.807, 2.05) is 11.4 Å². The van der Waals surface area contributed by atoms with E-state index >= 15 is 0 Å². The first-order valence-electron chi connectivity index (χ1n) is 3.79. The second-order valence-corrected chi connectivity index (χ2v) is 3.39. The van der Waals surface area contributed by atoms with E-state index in [2.05, 4.69) is 0 Å². The first-order valence-corrected chi connectivity index (χ1v) is 4.67. The zero-order valence-corrected chi connectivity index (χ0v) is 7.80. The molecule has 0 spiro atoms. The zero-order chi connectivity index (χ0) is 8.97. The van der Waals surface area contributed by atoms with Crippen LogP contribution < -0.4 is 10.5 Å². The molecule has 68 valence electrons. The van der Waals surface area contributed by atoms with E-state index in [-0.39, 0.29) is 0 Å². The van der Waals surface area contributed by atoms with E-state index in [0.717, 1.165) is 10.6 Å². The van der Waals surface area contributed by atoms with Gasteiger partial charge < -0.3 is 15.6 Å². The Labute approximate surface area is 75.8 Å². The van der Waals surface area contributed by atoms with Gasteiger partial charge in [-0.1, -0.05) is 0 Å². The van der Waals surface area contributed by atoms with Crippen molar-refractivity contribution in [2.24, 2.45) is 5.73 Å². The van der Waals surface area contributed by atoms with Crippen molar-refractivity contribution < 1.29 is 9.84 Å². The molecule has 0 amide bonds. The van der Waals surface area contributed by atoms with E-state index in [1.54, 1.807) is 7.11 Å². The minimum absolute atomic E-state index is 0.482. The van der Waals surface area contributed by atoms with Gasteiger partial charge in [-0.25, -0.2) is 0 Å². The lowest BCUT2D eigenvalue weighted by Crippen LogP contribution is -2.06. The Morgan fingerprint density at radius 1 is 1.75 bits per heavy atom. The summed E-state index contributed by atoms with van der Waals surface area (Å²) in [5.74, 6) is 0.751. The van der Waals surface area contributed by atoms with Crippen LogP contribution in [0.5, 0.6) is 5.75 Å². The molecule has 0 bridgehead atoms. The number of ether oxygens (including phenoxy) is 1. The Kier molecular flexibility index (Phi) is 3.52. The highest BCUT2D eigenvalue weighted by molar-refractivity contribution is 7.10. The second-order valence-electron chi connectivity index (χ2n) is 2.45. The summed E-state index contributed by atoms with van der Waals surface area (Å²) >= 11 is 1.49. The number of rotatable bonds is 4. The molecule has 1 aromatic rings. The molecule has 0 aromatic carbocycles. The summed E-state index contributed by atoms with van der Waals surface area (Å²) < 4.78 is 5.06. The lowest BCUT2D eigenvalue weighted by atomic mass is 10.2. The highest BCUT2D eigenvalue weighted by Crippen LogP contribution is 2.31. The maximum Gasteiger partial charge on any atom is 0.135 e. The molecule has 0 saturated carbocycles. The van der Waals surface area contributed by atoms with Gasteiger partial charge in [-0.15, -0.1) is 11.3 Å². The third-order valence-corrected chi connectivity index (χ3v) is 2.62. The minimum Gasteiger partial charge on any atom is -0.495 e. The molecule has 0 saturated heterocycles. The van der Waals surface area contributed by atoms with E-state index in [0.29, 0.717) is 13.0 Å². The molecule has 1 unspecified atom stereocenters. The van der Waals surface area contributed by atoms with Crippen LogP contribution in [0.25, 0.3) is 0 Å². The van der Waals surface area contributed by atoms with Gasteiger partial charge in [0, 0.05) is 0 Å². The Morgan fingerprint density at radius 3 is 3.08 bits per heavy atom. The van der Waals surface area contributed by atoms with Gasteiger partial charge in [0.05, 0.1) is 18.1 Å². The summed E-state index contributed by atoms with van der Waals surface area (Å²) in [5.41, 5.74) is 5.33. The third kappa shape index (κ3) is 1.97. The quantitative estimate of drug-likeness (QED) is 0.743. The molecule has 3 nitrogen and oxygen atoms in total. The first-order chi connectivity index (χ1) is 5.79. The van der Waals surface area contributed by atoms with Crippen LogP contribution in [0.3, 0.4) is 0 Å². The van der Waals surface area contributed by atoms with Crippen LogP contribution in [0.4, 0.5) is 0 Å². The summed E-state index contributed by atoms with van der Waals surface area (Å²) in [7, 11) is 1.60. The summed E-state index contributed by atoms with van der Waals surface area (Å²) in [6.45, 7) is 0.488. The van der Waals surface area contributed by atoms with Crippen LogP contribution >= 0.6 is 11.3 Å². The van der Waals surface area contributed by atoms with Gasteiger partial charge in [0.15, 0.2) is 0 Å². The lowest BCUT2D eigenvalue weighted by Gasteiger charge is -2.08. The van der Waals surface area contributed by atoms with Gasteiger partial charge in [0.25, 0.3) is 0 Å². The fourth-order valence-electron chi connectivity index (χ4n) is 1.01. The van der Waals surface area contributed by atoms with Crippen LogP contribution in [0, 0.1) is 0 Å². The van der Waals surface area contributed by atoms with E-state index in [1.165, 1.54) is 11.3 Å². The molecule has 0 fully saturated rings. The molecule has 0 aliphatic rings. The molecule has 12 heavy (non-hydrogen) atoms. The molecule has 4 heteroatoms. The van der Waals surface area contributed by atoms with Crippen molar-refractivity contribution in [1.82, 2.24) is 0 Å². The van der Waals surface area contributed by atoms with Gasteiger partial charge in [0.2, 0.25) is 0 Å². The monoisotopic (exact) mass is 187 g/mol. The van der Waals surface area contributed by atoms with Crippen LogP contribution in [-0.4, -0.2) is 18.8 Å². The minimum atomic E-state index is -0.482. The van der Waals surface area contributed by atoms with Crippen molar-refractivity contribution in [3.63, 3.8) is 0 Å². The molecule has 0 aliphatic carbocycles. The van der Waals surface area contributed by atoms with Crippen molar-refractivity contribution in [3.05, 3.63) is 16.3 Å². The van der Waals surface area contributed by atoms with Crippen LogP contribution in [0.15, 0.2) is 11.4 Å². The van der Waals surface area contributed by atoms with E-state index < -0.39 is 6.10 Å². The van der Waals surface area contributed by atoms with Crippen molar-refractivity contribution in [2.45, 2.75) is 12.5 Å². The smallest absolute Gasteiger partial charge is 0.135 e. The van der Waals surface area contributed by atoms with Crippen LogP contribution in [0.2, 0.25) is 0 Å². The van der Waals surface area contributed by atoms with Crippen molar-refractivity contribution >= 4 is 11.3 Å². The van der Waals surface area contributed by atoms with Crippen molar-refractivity contribution in [1.29, 1.82) is 0 Å². The molecular formula is C8H13NO2S. The molecule has 1 atom stereocenters. The molecule has 3 N–H and O–H groups in total. The Bertz CT molecular complexity index is 237. The number of hydrogen-bond donors (Lipinski definition) is 2. The topological polar surface area (TPSA) is 55.5 Å². The molecule has 0 aliphatic heterocycles. The zero-order valence-electron chi connectivity index (χ0n) is 6.99. The fraction of sp³-hybridized carbons (Fsp3) is 0.500. The standard InChI is InChI=1S/C8H13NO2S/c1-11-7-3-5-12-8(7)6(10)2-4-9/h3,5-6,10H,2,4,9H2,1H3. The number of nitrogens with two attached hydrogens (primary N) is 1. The molecule has 1 heterocycles. The average Bonchev–Trinajstić information content (AvgIpc) is 2.51. The van der Waals surface area contributed by atoms with Gasteiger partial charge in [-0.05, 0) is 24.4 Å². The van der Waals surface area contributed by atoms with Gasteiger partial charge in [0.1, 0.15) is 5.75 Å². The summed E-state index contributed by atoms with van der Waals surface area (Å²) in [6.07, 6.45) is 0.0987. The van der Waals surface area contributed by atoms with Gasteiger partial charge >= 0.3 is 0 Å².